The molecule has 0 unspecified atom stereocenters. The first-order valence-corrected chi connectivity index (χ1v) is 3.06. The minimum Gasteiger partial charge on any atom is -0.483 e. The number of hydrogen-bond donors (Lipinski definition) is 2. The van der Waals surface area contributed by atoms with Crippen LogP contribution in [0.3, 0.4) is 0 Å². The second kappa shape index (κ2) is 4.73. The van der Waals surface area contributed by atoms with E-state index < -0.39 is 0 Å². The van der Waals surface area contributed by atoms with Gasteiger partial charge in [-0.2, -0.15) is 0 Å². The predicted octanol–water partition coefficient (Wildman–Crippen LogP) is 0.556. The van der Waals surface area contributed by atoms with Crippen molar-refractivity contribution in [2.24, 2.45) is 5.73 Å². The summed E-state index contributed by atoms with van der Waals surface area (Å²) in [6.07, 6.45) is 3.55. The fraction of sp³-hybridized carbons (Fsp3) is 0.429. The van der Waals surface area contributed by atoms with E-state index >= 15 is 0 Å². The van der Waals surface area contributed by atoms with E-state index in [1.54, 1.807) is 6.08 Å². The van der Waals surface area contributed by atoms with Crippen molar-refractivity contribution in [1.29, 1.82) is 0 Å². The average molecular weight is 142 g/mol. The predicted molar refractivity (Wildman–Crippen MR) is 42.1 cm³/mol. The Kier molecular flexibility index (Phi) is 4.20. The summed E-state index contributed by atoms with van der Waals surface area (Å²) >= 11 is 0. The van der Waals surface area contributed by atoms with Crippen molar-refractivity contribution in [2.45, 2.75) is 6.92 Å². The maximum atomic E-state index is 5.34. The van der Waals surface area contributed by atoms with E-state index in [2.05, 4.69) is 5.32 Å². The van der Waals surface area contributed by atoms with Gasteiger partial charge < -0.3 is 15.8 Å². The standard InChI is InChI=1S/C7H14N2O/c1-6(9-2)4-5-7(8)10-3/h4-5,9H,8H2,1-3H3/b6-4-,7-5+. The Morgan fingerprint density at radius 2 is 2.10 bits per heavy atom. The van der Waals surface area contributed by atoms with Gasteiger partial charge in [-0.05, 0) is 19.1 Å². The Balaban J connectivity index is 3.91. The molecule has 58 valence electrons. The van der Waals surface area contributed by atoms with Gasteiger partial charge in [-0.25, -0.2) is 0 Å². The zero-order valence-corrected chi connectivity index (χ0v) is 6.64. The molecule has 0 fully saturated rings. The van der Waals surface area contributed by atoms with Gasteiger partial charge >= 0.3 is 0 Å². The molecule has 0 aromatic heterocycles. The zero-order valence-electron chi connectivity index (χ0n) is 6.64. The summed E-state index contributed by atoms with van der Waals surface area (Å²) in [6, 6.07) is 0. The van der Waals surface area contributed by atoms with Gasteiger partial charge in [-0.3, -0.25) is 0 Å². The van der Waals surface area contributed by atoms with E-state index in [9.17, 15) is 0 Å². The molecule has 0 aliphatic rings. The van der Waals surface area contributed by atoms with Crippen molar-refractivity contribution >= 4 is 0 Å². The molecule has 3 nitrogen and oxygen atoms in total. The molecule has 0 saturated heterocycles. The second-order valence-corrected chi connectivity index (χ2v) is 1.87. The summed E-state index contributed by atoms with van der Waals surface area (Å²) in [5.41, 5.74) is 6.38. The molecule has 0 saturated carbocycles. The van der Waals surface area contributed by atoms with Gasteiger partial charge in [0.05, 0.1) is 7.11 Å². The minimum absolute atomic E-state index is 0.412. The molecule has 0 spiro atoms. The number of nitrogens with two attached hydrogens (primary N) is 1. The monoisotopic (exact) mass is 142 g/mol. The lowest BCUT2D eigenvalue weighted by Crippen LogP contribution is -2.02. The SMILES string of the molecule is CN/C(C)=C\C=C(/N)OC. The largest absolute Gasteiger partial charge is 0.483 e. The zero-order chi connectivity index (χ0) is 7.98. The van der Waals surface area contributed by atoms with E-state index in [1.807, 2.05) is 20.0 Å². The molecule has 0 aromatic carbocycles. The molecule has 0 radical (unpaired) electrons. The van der Waals surface area contributed by atoms with E-state index in [0.717, 1.165) is 5.70 Å². The highest BCUT2D eigenvalue weighted by Gasteiger charge is 1.81. The van der Waals surface area contributed by atoms with Crippen LogP contribution in [0.1, 0.15) is 6.92 Å². The number of rotatable bonds is 3. The van der Waals surface area contributed by atoms with Crippen molar-refractivity contribution in [2.75, 3.05) is 14.2 Å². The lowest BCUT2D eigenvalue weighted by atomic mass is 10.4. The summed E-state index contributed by atoms with van der Waals surface area (Å²) in [4.78, 5) is 0. The molecular formula is C7H14N2O. The first-order chi connectivity index (χ1) is 4.70. The summed E-state index contributed by atoms with van der Waals surface area (Å²) in [6.45, 7) is 1.94. The number of nitrogens with one attached hydrogen (secondary N) is 1. The van der Waals surface area contributed by atoms with Crippen molar-refractivity contribution in [1.82, 2.24) is 5.32 Å². The van der Waals surface area contributed by atoms with E-state index in [1.165, 1.54) is 7.11 Å². The molecule has 3 N–H and O–H groups in total. The van der Waals surface area contributed by atoms with Gasteiger partial charge in [0.15, 0.2) is 5.88 Å². The number of methoxy groups -OCH3 is 1. The maximum absolute atomic E-state index is 5.34. The Morgan fingerprint density at radius 1 is 1.50 bits per heavy atom. The fourth-order valence-corrected chi connectivity index (χ4v) is 0.359. The van der Waals surface area contributed by atoms with Crippen LogP contribution in [-0.2, 0) is 4.74 Å². The molecular weight excluding hydrogens is 128 g/mol. The molecule has 0 aliphatic heterocycles. The maximum Gasteiger partial charge on any atom is 0.183 e. The van der Waals surface area contributed by atoms with E-state index in [4.69, 9.17) is 10.5 Å². The van der Waals surface area contributed by atoms with Crippen LogP contribution in [-0.4, -0.2) is 14.2 Å². The van der Waals surface area contributed by atoms with Crippen LogP contribution in [0.15, 0.2) is 23.7 Å². The van der Waals surface area contributed by atoms with Crippen molar-refractivity contribution in [3.8, 4) is 0 Å². The molecule has 0 bridgehead atoms. The van der Waals surface area contributed by atoms with Crippen LogP contribution in [0.4, 0.5) is 0 Å². The molecule has 0 aliphatic carbocycles. The third-order valence-electron chi connectivity index (χ3n) is 1.13. The smallest absolute Gasteiger partial charge is 0.183 e. The summed E-state index contributed by atoms with van der Waals surface area (Å²) in [5.74, 6) is 0.412. The third-order valence-corrected chi connectivity index (χ3v) is 1.13. The Labute approximate surface area is 61.6 Å². The molecule has 0 heterocycles. The quantitative estimate of drug-likeness (QED) is 0.447. The van der Waals surface area contributed by atoms with Crippen LogP contribution in [0.5, 0.6) is 0 Å². The number of allylic oxidation sites excluding steroid dienone is 3. The van der Waals surface area contributed by atoms with Crippen molar-refractivity contribution in [3.63, 3.8) is 0 Å². The summed E-state index contributed by atoms with van der Waals surface area (Å²) < 4.78 is 4.71. The van der Waals surface area contributed by atoms with Crippen LogP contribution in [0.25, 0.3) is 0 Å². The minimum atomic E-state index is 0.412. The fourth-order valence-electron chi connectivity index (χ4n) is 0.359. The summed E-state index contributed by atoms with van der Waals surface area (Å²) in [7, 11) is 3.39. The topological polar surface area (TPSA) is 47.3 Å². The molecule has 0 aromatic rings. The lowest BCUT2D eigenvalue weighted by Gasteiger charge is -1.97. The van der Waals surface area contributed by atoms with E-state index in [-0.39, 0.29) is 0 Å². The van der Waals surface area contributed by atoms with Crippen LogP contribution >= 0.6 is 0 Å². The van der Waals surface area contributed by atoms with Gasteiger partial charge in [0, 0.05) is 12.7 Å². The van der Waals surface area contributed by atoms with E-state index in [0.29, 0.717) is 5.88 Å². The normalized spacial score (nSPS) is 13.1. The molecule has 3 heteroatoms. The molecule has 0 rings (SSSR count). The van der Waals surface area contributed by atoms with Crippen molar-refractivity contribution < 1.29 is 4.74 Å². The third kappa shape index (κ3) is 3.83. The van der Waals surface area contributed by atoms with Crippen LogP contribution in [0, 0.1) is 0 Å². The second-order valence-electron chi connectivity index (χ2n) is 1.87. The highest BCUT2D eigenvalue weighted by Crippen LogP contribution is 1.89. The first kappa shape index (κ1) is 8.88. The number of ether oxygens (including phenoxy) is 1. The summed E-state index contributed by atoms with van der Waals surface area (Å²) in [5, 5.41) is 2.95. The molecule has 0 atom stereocenters. The highest BCUT2D eigenvalue weighted by atomic mass is 16.5. The van der Waals surface area contributed by atoms with Gasteiger partial charge in [0.25, 0.3) is 0 Å². The van der Waals surface area contributed by atoms with Gasteiger partial charge in [-0.15, -0.1) is 0 Å². The lowest BCUT2D eigenvalue weighted by molar-refractivity contribution is 0.287. The van der Waals surface area contributed by atoms with Gasteiger partial charge in [0.1, 0.15) is 0 Å². The molecule has 10 heavy (non-hydrogen) atoms. The van der Waals surface area contributed by atoms with Gasteiger partial charge in [-0.1, -0.05) is 0 Å². The Hall–Kier alpha value is -1.12. The highest BCUT2D eigenvalue weighted by molar-refractivity contribution is 5.10. The van der Waals surface area contributed by atoms with Crippen LogP contribution in [0.2, 0.25) is 0 Å². The number of hydrogen-bond acceptors (Lipinski definition) is 3. The Morgan fingerprint density at radius 3 is 2.50 bits per heavy atom. The van der Waals surface area contributed by atoms with Crippen molar-refractivity contribution in [3.05, 3.63) is 23.7 Å². The average Bonchev–Trinajstić information content (AvgIpc) is 1.99. The first-order valence-electron chi connectivity index (χ1n) is 3.06. The Bertz CT molecular complexity index is 132. The van der Waals surface area contributed by atoms with Gasteiger partial charge in [0.2, 0.25) is 0 Å². The molecule has 0 amide bonds. The van der Waals surface area contributed by atoms with Crippen LogP contribution < -0.4 is 11.1 Å².